The highest BCUT2D eigenvalue weighted by Crippen LogP contribution is 2.65. The maximum absolute atomic E-state index is 12.2. The van der Waals surface area contributed by atoms with Gasteiger partial charge in [-0.1, -0.05) is 38.2 Å². The van der Waals surface area contributed by atoms with Crippen molar-refractivity contribution in [1.82, 2.24) is 0 Å². The van der Waals surface area contributed by atoms with Gasteiger partial charge in [-0.2, -0.15) is 0 Å². The molecule has 2 saturated carbocycles. The van der Waals surface area contributed by atoms with E-state index in [1.54, 1.807) is 6.92 Å². The van der Waals surface area contributed by atoms with Crippen LogP contribution in [0.3, 0.4) is 0 Å². The third-order valence-corrected chi connectivity index (χ3v) is 7.95. The molecule has 130 valence electrons. The molecule has 4 aliphatic carbocycles. The fourth-order valence-electron chi connectivity index (χ4n) is 6.36. The fraction of sp³-hybridized carbons (Fsp3) is 0.667. The number of rotatable bonds is 1. The van der Waals surface area contributed by atoms with Crippen LogP contribution in [0.15, 0.2) is 36.0 Å². The highest BCUT2D eigenvalue weighted by Gasteiger charge is 2.64. The first-order valence-corrected chi connectivity index (χ1v) is 9.24. The van der Waals surface area contributed by atoms with E-state index in [9.17, 15) is 15.0 Å². The minimum Gasteiger partial charge on any atom is -0.385 e. The van der Waals surface area contributed by atoms with Crippen molar-refractivity contribution in [3.63, 3.8) is 0 Å². The van der Waals surface area contributed by atoms with Crippen molar-refractivity contribution in [3.05, 3.63) is 36.0 Å². The largest absolute Gasteiger partial charge is 0.385 e. The molecule has 4 aliphatic rings. The Bertz CT molecular complexity index is 675. The predicted octanol–water partition coefficient (Wildman–Crippen LogP) is 3.18. The van der Waals surface area contributed by atoms with Gasteiger partial charge in [0.05, 0.1) is 6.10 Å². The zero-order valence-electron chi connectivity index (χ0n) is 14.8. The molecule has 3 heteroatoms. The molecular weight excluding hydrogens is 300 g/mol. The molecular formula is C21H28O3. The minimum atomic E-state index is -1.16. The van der Waals surface area contributed by atoms with Crippen LogP contribution in [0.25, 0.3) is 0 Å². The summed E-state index contributed by atoms with van der Waals surface area (Å²) < 4.78 is 0. The van der Waals surface area contributed by atoms with Crippen LogP contribution in [0, 0.1) is 28.6 Å². The average Bonchev–Trinajstić information content (AvgIpc) is 2.81. The van der Waals surface area contributed by atoms with E-state index >= 15 is 0 Å². The van der Waals surface area contributed by atoms with Crippen LogP contribution >= 0.6 is 0 Å². The summed E-state index contributed by atoms with van der Waals surface area (Å²) in [6.45, 7) is 5.95. The number of aliphatic hydroxyl groups excluding tert-OH is 1. The number of allylic oxidation sites excluding steroid dienone is 4. The number of fused-ring (bicyclic) bond motifs is 5. The lowest BCUT2D eigenvalue weighted by molar-refractivity contribution is -0.155. The van der Waals surface area contributed by atoms with Gasteiger partial charge in [0.1, 0.15) is 5.60 Å². The van der Waals surface area contributed by atoms with E-state index in [0.29, 0.717) is 24.2 Å². The summed E-state index contributed by atoms with van der Waals surface area (Å²) in [5.74, 6) is 1.14. The molecule has 24 heavy (non-hydrogen) atoms. The van der Waals surface area contributed by atoms with Crippen molar-refractivity contribution in [2.45, 2.75) is 58.2 Å². The topological polar surface area (TPSA) is 57.5 Å². The van der Waals surface area contributed by atoms with Crippen LogP contribution in [-0.4, -0.2) is 27.7 Å². The van der Waals surface area contributed by atoms with Gasteiger partial charge >= 0.3 is 0 Å². The fourth-order valence-corrected chi connectivity index (χ4v) is 6.36. The second-order valence-corrected chi connectivity index (χ2v) is 8.82. The molecule has 0 saturated heterocycles. The molecule has 0 amide bonds. The number of Topliss-reactive ketones (excluding diaryl/α,β-unsaturated/α-hetero) is 1. The quantitative estimate of drug-likeness (QED) is 0.727. The third-order valence-electron chi connectivity index (χ3n) is 7.95. The molecule has 0 aliphatic heterocycles. The first-order chi connectivity index (χ1) is 11.2. The van der Waals surface area contributed by atoms with E-state index < -0.39 is 11.7 Å². The van der Waals surface area contributed by atoms with Gasteiger partial charge in [0.25, 0.3) is 0 Å². The Morgan fingerprint density at radius 2 is 1.88 bits per heavy atom. The van der Waals surface area contributed by atoms with Crippen molar-refractivity contribution in [2.75, 3.05) is 0 Å². The lowest BCUT2D eigenvalue weighted by Crippen LogP contribution is -2.56. The first kappa shape index (κ1) is 16.3. The highest BCUT2D eigenvalue weighted by molar-refractivity contribution is 5.86. The Kier molecular flexibility index (Phi) is 3.34. The van der Waals surface area contributed by atoms with E-state index in [0.717, 1.165) is 19.3 Å². The van der Waals surface area contributed by atoms with E-state index in [-0.39, 0.29) is 16.6 Å². The van der Waals surface area contributed by atoms with E-state index in [1.807, 2.05) is 12.2 Å². The van der Waals surface area contributed by atoms with Gasteiger partial charge in [-0.3, -0.25) is 4.79 Å². The van der Waals surface area contributed by atoms with Crippen molar-refractivity contribution in [2.24, 2.45) is 28.6 Å². The van der Waals surface area contributed by atoms with Gasteiger partial charge in [-0.25, -0.2) is 0 Å². The smallest absolute Gasteiger partial charge is 0.161 e. The number of aliphatic hydroxyl groups is 2. The van der Waals surface area contributed by atoms with Crippen LogP contribution in [0.5, 0.6) is 0 Å². The number of carbonyl (C=O) groups excluding carboxylic acids is 1. The zero-order chi connectivity index (χ0) is 17.3. The number of carbonyl (C=O) groups is 1. The Balaban J connectivity index is 1.75. The molecule has 0 aromatic carbocycles. The number of ketones is 1. The number of hydrogen-bond donors (Lipinski definition) is 2. The molecule has 0 spiro atoms. The van der Waals surface area contributed by atoms with Gasteiger partial charge in [0.15, 0.2) is 5.78 Å². The van der Waals surface area contributed by atoms with Gasteiger partial charge in [-0.15, -0.1) is 0 Å². The van der Waals surface area contributed by atoms with Gasteiger partial charge < -0.3 is 10.2 Å². The van der Waals surface area contributed by atoms with Crippen LogP contribution in [0.2, 0.25) is 0 Å². The van der Waals surface area contributed by atoms with Crippen LogP contribution in [0.1, 0.15) is 46.5 Å². The maximum atomic E-state index is 12.2. The molecule has 0 aromatic heterocycles. The molecule has 3 nitrogen and oxygen atoms in total. The molecule has 0 bridgehead atoms. The van der Waals surface area contributed by atoms with Gasteiger partial charge in [0, 0.05) is 10.8 Å². The summed E-state index contributed by atoms with van der Waals surface area (Å²) in [5.41, 5.74) is -0.315. The molecule has 4 rings (SSSR count). The monoisotopic (exact) mass is 328 g/mol. The summed E-state index contributed by atoms with van der Waals surface area (Å²) in [5, 5.41) is 21.0. The molecule has 2 N–H and O–H groups in total. The standard InChI is InChI=1S/C21H28O3/c1-13(22)21(24)11-8-18-16-5-4-14-12-15(23)6-9-19(14,2)17(16)7-10-20(18,21)3/h4-6,9,12,15-18,23-24H,7-8,10-11H2,1-3H3/t15-,16+,17-,18-,19-,20-,21-/m0/s1. The van der Waals surface area contributed by atoms with Gasteiger partial charge in [0.2, 0.25) is 0 Å². The molecule has 2 fully saturated rings. The first-order valence-electron chi connectivity index (χ1n) is 9.24. The normalized spacial score (nSPS) is 52.3. The SMILES string of the molecule is CC(=O)[C@@]1(O)CC[C@H]2[C@@H]3C=CC4=C[C@@H](O)C=C[C@]4(C)[C@H]3CC[C@@]21C. The van der Waals surface area contributed by atoms with E-state index in [1.165, 1.54) is 5.57 Å². The highest BCUT2D eigenvalue weighted by atomic mass is 16.3. The molecule has 0 radical (unpaired) electrons. The zero-order valence-corrected chi connectivity index (χ0v) is 14.8. The second-order valence-electron chi connectivity index (χ2n) is 8.82. The van der Waals surface area contributed by atoms with Crippen molar-refractivity contribution in [1.29, 1.82) is 0 Å². The number of hydrogen-bond acceptors (Lipinski definition) is 3. The van der Waals surface area contributed by atoms with E-state index in [2.05, 4.69) is 32.1 Å². The third kappa shape index (κ3) is 1.83. The summed E-state index contributed by atoms with van der Waals surface area (Å²) in [6.07, 6.45) is 13.4. The summed E-state index contributed by atoms with van der Waals surface area (Å²) >= 11 is 0. The second kappa shape index (κ2) is 4.92. The Labute approximate surface area is 144 Å². The van der Waals surface area contributed by atoms with E-state index in [4.69, 9.17) is 0 Å². The van der Waals surface area contributed by atoms with Crippen LogP contribution < -0.4 is 0 Å². The Morgan fingerprint density at radius 3 is 2.58 bits per heavy atom. The average molecular weight is 328 g/mol. The van der Waals surface area contributed by atoms with Crippen LogP contribution in [-0.2, 0) is 4.79 Å². The van der Waals surface area contributed by atoms with Crippen LogP contribution in [0.4, 0.5) is 0 Å². The van der Waals surface area contributed by atoms with Crippen molar-refractivity contribution >= 4 is 5.78 Å². The lowest BCUT2D eigenvalue weighted by Gasteiger charge is -2.56. The van der Waals surface area contributed by atoms with Crippen molar-refractivity contribution in [3.8, 4) is 0 Å². The Hall–Kier alpha value is -1.19. The summed E-state index contributed by atoms with van der Waals surface area (Å²) in [7, 11) is 0. The van der Waals surface area contributed by atoms with Crippen molar-refractivity contribution < 1.29 is 15.0 Å². The maximum Gasteiger partial charge on any atom is 0.161 e. The Morgan fingerprint density at radius 1 is 1.17 bits per heavy atom. The van der Waals surface area contributed by atoms with Gasteiger partial charge in [-0.05, 0) is 62.0 Å². The molecule has 0 aromatic rings. The molecule has 0 unspecified atom stereocenters. The lowest BCUT2D eigenvalue weighted by atomic mass is 9.49. The summed E-state index contributed by atoms with van der Waals surface area (Å²) in [4.78, 5) is 12.2. The minimum absolute atomic E-state index is 0.0447. The molecule has 7 atom stereocenters. The predicted molar refractivity (Wildman–Crippen MR) is 93.2 cm³/mol. The molecule has 0 heterocycles. The summed E-state index contributed by atoms with van der Waals surface area (Å²) in [6, 6.07) is 0.